The molecule has 34 heavy (non-hydrogen) atoms. The highest BCUT2D eigenvalue weighted by Gasteiger charge is 2.40. The molecule has 8 heteroatoms. The highest BCUT2D eigenvalue weighted by molar-refractivity contribution is 8.05. The van der Waals surface area contributed by atoms with Crippen LogP contribution in [0, 0.1) is 24.1 Å². The number of anilines is 2. The zero-order valence-electron chi connectivity index (χ0n) is 18.1. The summed E-state index contributed by atoms with van der Waals surface area (Å²) in [5.74, 6) is -1.33. The summed E-state index contributed by atoms with van der Waals surface area (Å²) in [6.07, 6.45) is 0.408. The van der Waals surface area contributed by atoms with Gasteiger partial charge in [0, 0.05) is 16.4 Å². The molecule has 0 saturated carbocycles. The molecule has 0 bridgehead atoms. The molecule has 1 aliphatic rings. The van der Waals surface area contributed by atoms with Crippen LogP contribution < -0.4 is 10.2 Å². The predicted molar refractivity (Wildman–Crippen MR) is 133 cm³/mol. The number of carbonyl (C=O) groups is 2. The van der Waals surface area contributed by atoms with Crippen LogP contribution in [0.5, 0.6) is 0 Å². The van der Waals surface area contributed by atoms with Gasteiger partial charge >= 0.3 is 0 Å². The molecular formula is C26H19ClFN3O2S. The lowest BCUT2D eigenvalue weighted by molar-refractivity contribution is -0.117. The Kier molecular flexibility index (Phi) is 7.01. The number of amides is 2. The van der Waals surface area contributed by atoms with Gasteiger partial charge in [-0.3, -0.25) is 14.5 Å². The van der Waals surface area contributed by atoms with E-state index in [1.165, 1.54) is 40.9 Å². The number of halogens is 2. The third-order valence-electron chi connectivity index (χ3n) is 5.23. The number of nitrogens with zero attached hydrogens (tertiary/aromatic N) is 2. The first-order valence-corrected chi connectivity index (χ1v) is 11.6. The lowest BCUT2D eigenvalue weighted by Crippen LogP contribution is -2.30. The first kappa shape index (κ1) is 23.6. The number of rotatable bonds is 5. The molecule has 0 aromatic heterocycles. The lowest BCUT2D eigenvalue weighted by Gasteiger charge is -2.19. The van der Waals surface area contributed by atoms with Gasteiger partial charge in [0.05, 0.1) is 5.25 Å². The maximum atomic E-state index is 13.5. The van der Waals surface area contributed by atoms with Crippen molar-refractivity contribution >= 4 is 46.6 Å². The van der Waals surface area contributed by atoms with E-state index in [-0.39, 0.29) is 16.5 Å². The number of hydrogen-bond acceptors (Lipinski definition) is 4. The summed E-state index contributed by atoms with van der Waals surface area (Å²) < 4.78 is 13.2. The average molecular weight is 492 g/mol. The summed E-state index contributed by atoms with van der Waals surface area (Å²) >= 11 is 7.16. The molecule has 0 aliphatic carbocycles. The van der Waals surface area contributed by atoms with Crippen LogP contribution in [-0.4, -0.2) is 17.1 Å². The Morgan fingerprint density at radius 1 is 1.09 bits per heavy atom. The minimum atomic E-state index is -0.673. The lowest BCUT2D eigenvalue weighted by atomic mass is 10.1. The van der Waals surface area contributed by atoms with Crippen molar-refractivity contribution < 1.29 is 14.0 Å². The molecule has 3 aromatic carbocycles. The second-order valence-corrected chi connectivity index (χ2v) is 9.33. The maximum Gasteiger partial charge on any atom is 0.269 e. The van der Waals surface area contributed by atoms with Crippen LogP contribution in [0.2, 0.25) is 5.02 Å². The zero-order valence-corrected chi connectivity index (χ0v) is 19.7. The first-order chi connectivity index (χ1) is 16.4. The van der Waals surface area contributed by atoms with E-state index in [1.807, 2.05) is 37.3 Å². The van der Waals surface area contributed by atoms with Crippen molar-refractivity contribution in [1.29, 1.82) is 5.26 Å². The Bertz CT molecular complexity index is 1300. The van der Waals surface area contributed by atoms with E-state index in [0.29, 0.717) is 22.8 Å². The van der Waals surface area contributed by atoms with Gasteiger partial charge in [-0.1, -0.05) is 53.2 Å². The van der Waals surface area contributed by atoms with Gasteiger partial charge < -0.3 is 5.32 Å². The van der Waals surface area contributed by atoms with Crippen molar-refractivity contribution in [1.82, 2.24) is 0 Å². The Balaban J connectivity index is 1.71. The highest BCUT2D eigenvalue weighted by atomic mass is 35.5. The van der Waals surface area contributed by atoms with Crippen LogP contribution in [0.25, 0.3) is 0 Å². The van der Waals surface area contributed by atoms with E-state index in [0.717, 1.165) is 11.1 Å². The zero-order chi connectivity index (χ0) is 24.2. The van der Waals surface area contributed by atoms with Crippen LogP contribution in [0.15, 0.2) is 83.4 Å². The Labute approximate surface area is 205 Å². The highest BCUT2D eigenvalue weighted by Crippen LogP contribution is 2.42. The Hall–Kier alpha value is -3.60. The molecule has 0 spiro atoms. The number of benzene rings is 3. The molecule has 5 nitrogen and oxygen atoms in total. The molecule has 1 saturated heterocycles. The van der Waals surface area contributed by atoms with Gasteiger partial charge in [0.25, 0.3) is 5.91 Å². The third-order valence-corrected chi connectivity index (χ3v) is 6.75. The summed E-state index contributed by atoms with van der Waals surface area (Å²) in [5.41, 5.74) is 2.64. The third kappa shape index (κ3) is 5.14. The molecule has 2 amide bonds. The molecule has 3 aromatic rings. The molecule has 1 aliphatic heterocycles. The maximum absolute atomic E-state index is 13.5. The quantitative estimate of drug-likeness (QED) is 0.359. The molecule has 0 radical (unpaired) electrons. The first-order valence-electron chi connectivity index (χ1n) is 10.4. The smallest absolute Gasteiger partial charge is 0.269 e. The molecule has 170 valence electrons. The van der Waals surface area contributed by atoms with Gasteiger partial charge in [-0.05, 0) is 67.4 Å². The molecule has 1 N–H and O–H groups in total. The van der Waals surface area contributed by atoms with Gasteiger partial charge in [0.2, 0.25) is 5.91 Å². The summed E-state index contributed by atoms with van der Waals surface area (Å²) in [7, 11) is 0. The van der Waals surface area contributed by atoms with Crippen LogP contribution in [0.1, 0.15) is 11.1 Å². The van der Waals surface area contributed by atoms with Crippen molar-refractivity contribution in [2.75, 3.05) is 10.2 Å². The average Bonchev–Trinajstić information content (AvgIpc) is 3.13. The van der Waals surface area contributed by atoms with Gasteiger partial charge in [0.1, 0.15) is 22.5 Å². The fraction of sp³-hybridized carbons (Fsp3) is 0.115. The minimum absolute atomic E-state index is 0.193. The molecule has 1 atom stereocenters. The minimum Gasteiger partial charge on any atom is -0.321 e. The number of hydrogen-bond donors (Lipinski definition) is 1. The van der Waals surface area contributed by atoms with Crippen LogP contribution in [0.4, 0.5) is 15.8 Å². The fourth-order valence-corrected chi connectivity index (χ4v) is 4.91. The van der Waals surface area contributed by atoms with Gasteiger partial charge in [-0.2, -0.15) is 5.26 Å². The predicted octanol–water partition coefficient (Wildman–Crippen LogP) is 5.85. The summed E-state index contributed by atoms with van der Waals surface area (Å²) in [4.78, 5) is 27.9. The van der Waals surface area contributed by atoms with E-state index in [9.17, 15) is 19.2 Å². The topological polar surface area (TPSA) is 73.2 Å². The summed E-state index contributed by atoms with van der Waals surface area (Å²) in [6.45, 7) is 1.93. The number of aryl methyl sites for hydroxylation is 1. The standard InChI is InChI=1S/C26H19ClFN3O2S/c1-16-2-12-21(13-3-16)31-25(33)23(14-17-4-6-18(27)7-5-17)34-26(31)22(15-29)24(32)30-20-10-8-19(28)9-11-20/h2-13,23H,14H2,1H3,(H,30,32). The SMILES string of the molecule is Cc1ccc(N2C(=O)C(Cc3ccc(Cl)cc3)SC2=C(C#N)C(=O)Nc2ccc(F)cc2)cc1. The number of nitrogens with one attached hydrogen (secondary N) is 1. The summed E-state index contributed by atoms with van der Waals surface area (Å²) in [5, 5.41) is 12.8. The van der Waals surface area contributed by atoms with Crippen LogP contribution in [-0.2, 0) is 16.0 Å². The normalized spacial score (nSPS) is 16.8. The molecule has 4 rings (SSSR count). The van der Waals surface area contributed by atoms with Crippen molar-refractivity contribution in [3.8, 4) is 6.07 Å². The van der Waals surface area contributed by atoms with Crippen molar-refractivity contribution in [3.63, 3.8) is 0 Å². The number of nitriles is 1. The van der Waals surface area contributed by atoms with E-state index in [2.05, 4.69) is 5.32 Å². The van der Waals surface area contributed by atoms with Gasteiger partial charge in [-0.25, -0.2) is 4.39 Å². The van der Waals surface area contributed by atoms with Gasteiger partial charge in [0.15, 0.2) is 0 Å². The van der Waals surface area contributed by atoms with Crippen LogP contribution in [0.3, 0.4) is 0 Å². The van der Waals surface area contributed by atoms with Crippen LogP contribution >= 0.6 is 23.4 Å². The number of carbonyl (C=O) groups excluding carboxylic acids is 2. The molecule has 1 fully saturated rings. The Morgan fingerprint density at radius 2 is 1.74 bits per heavy atom. The van der Waals surface area contributed by atoms with Crippen molar-refractivity contribution in [2.24, 2.45) is 0 Å². The second-order valence-electron chi connectivity index (χ2n) is 7.70. The van der Waals surface area contributed by atoms with Crippen molar-refractivity contribution in [2.45, 2.75) is 18.6 Å². The van der Waals surface area contributed by atoms with E-state index in [4.69, 9.17) is 11.6 Å². The number of thioether (sulfide) groups is 1. The largest absolute Gasteiger partial charge is 0.321 e. The summed E-state index contributed by atoms with van der Waals surface area (Å²) in [6, 6.07) is 21.7. The Morgan fingerprint density at radius 3 is 2.35 bits per heavy atom. The van der Waals surface area contributed by atoms with E-state index in [1.54, 1.807) is 24.3 Å². The fourth-order valence-electron chi connectivity index (χ4n) is 3.48. The van der Waals surface area contributed by atoms with E-state index < -0.39 is 17.0 Å². The monoisotopic (exact) mass is 491 g/mol. The molecule has 1 unspecified atom stereocenters. The van der Waals surface area contributed by atoms with Gasteiger partial charge in [-0.15, -0.1) is 0 Å². The second kappa shape index (κ2) is 10.1. The molecular weight excluding hydrogens is 473 g/mol. The molecule has 1 heterocycles. The van der Waals surface area contributed by atoms with E-state index >= 15 is 0 Å². The van der Waals surface area contributed by atoms with Crippen molar-refractivity contribution in [3.05, 3.63) is 105 Å².